The van der Waals surface area contributed by atoms with Crippen molar-refractivity contribution in [1.82, 2.24) is 4.57 Å². The molecule has 87 heavy (non-hydrogen) atoms. The van der Waals surface area contributed by atoms with Crippen molar-refractivity contribution >= 4 is 34.0 Å². The van der Waals surface area contributed by atoms with Crippen molar-refractivity contribution in [3.63, 3.8) is 0 Å². The molecule has 0 saturated heterocycles. The molecule has 13 aromatic carbocycles. The number of fused-ring (bicyclic) bond motifs is 12. The highest BCUT2D eigenvalue weighted by Crippen LogP contribution is 2.60. The highest BCUT2D eigenvalue weighted by Gasteiger charge is 2.48. The Morgan fingerprint density at radius 3 is 1.24 bits per heavy atom. The molecule has 410 valence electrons. The molecule has 0 aliphatic heterocycles. The Balaban J connectivity index is 0.736. The van der Waals surface area contributed by atoms with Gasteiger partial charge in [-0.1, -0.05) is 286 Å². The van der Waals surface area contributed by atoms with E-state index in [0.717, 1.165) is 5.56 Å². The third-order valence-electron chi connectivity index (χ3n) is 19.8. The number of hydrogen-bond acceptors (Lipinski definition) is 0. The zero-order valence-corrected chi connectivity index (χ0v) is 49.0. The first-order valence-electron chi connectivity index (χ1n) is 30.6. The topological polar surface area (TPSA) is 4.93 Å². The molecule has 0 saturated carbocycles. The van der Waals surface area contributed by atoms with Gasteiger partial charge in [-0.25, -0.2) is 0 Å². The Hall–Kier alpha value is -10.6. The second-order valence-electron chi connectivity index (χ2n) is 24.8. The number of nitrogens with zero attached hydrogens (tertiary/aromatic N) is 1. The van der Waals surface area contributed by atoms with Crippen molar-refractivity contribution in [2.24, 2.45) is 0 Å². The van der Waals surface area contributed by atoms with E-state index in [-0.39, 0.29) is 5.41 Å². The van der Waals surface area contributed by atoms with Gasteiger partial charge in [-0.05, 0) is 178 Å². The first-order chi connectivity index (χ1) is 42.8. The maximum Gasteiger partial charge on any atom is 0.0713 e. The van der Waals surface area contributed by atoms with Crippen molar-refractivity contribution in [1.29, 1.82) is 0 Å². The van der Waals surface area contributed by atoms with Gasteiger partial charge in [0, 0.05) is 21.9 Å². The molecule has 0 bridgehead atoms. The van der Waals surface area contributed by atoms with Crippen molar-refractivity contribution in [3.05, 3.63) is 376 Å². The molecule has 1 heterocycles. The monoisotopic (exact) mass is 1110 g/mol. The van der Waals surface area contributed by atoms with Crippen LogP contribution in [0, 0.1) is 6.92 Å². The molecule has 3 aliphatic carbocycles. The van der Waals surface area contributed by atoms with E-state index in [1.165, 1.54) is 150 Å². The fourth-order valence-corrected chi connectivity index (χ4v) is 15.8. The number of aromatic nitrogens is 1. The summed E-state index contributed by atoms with van der Waals surface area (Å²) in [6, 6.07) is 114. The van der Waals surface area contributed by atoms with Crippen LogP contribution in [0.3, 0.4) is 0 Å². The van der Waals surface area contributed by atoms with E-state index in [2.05, 4.69) is 341 Å². The van der Waals surface area contributed by atoms with Gasteiger partial charge in [-0.2, -0.15) is 0 Å². The van der Waals surface area contributed by atoms with E-state index >= 15 is 0 Å². The fraction of sp³-hybridized carbons (Fsp3) is 0.0698. The third kappa shape index (κ3) is 7.52. The molecule has 0 fully saturated rings. The minimum Gasteiger partial charge on any atom is -0.309 e. The second-order valence-corrected chi connectivity index (χ2v) is 24.8. The standard InChI is InChI=1S/C86H61N/c1-56-32-44-70-71-46-41-61(53-80(71)85(78(70)50-56,63-20-8-4-9-21-63)64-22-10-5-11-23-64)62-42-47-73-72-45-40-60(52-79(72)86(81(73)54-62,65-24-12-6-13-25-65)66-26-14-7-15-27-66)59-38-35-57(36-39-59)33-34-58-37-49-83-75(51-58)74-29-17-19-31-82(74)87(83)67-43-48-69-68-28-16-18-30-76(68)84(2,3)77(69)55-67/h4-55H,1-3H3/b34-33+. The lowest BCUT2D eigenvalue weighted by molar-refractivity contribution is 0.660. The van der Waals surface area contributed by atoms with Crippen molar-refractivity contribution in [2.75, 3.05) is 0 Å². The zero-order valence-electron chi connectivity index (χ0n) is 49.0. The summed E-state index contributed by atoms with van der Waals surface area (Å²) in [5.41, 5.74) is 31.7. The molecule has 3 aliphatic rings. The maximum atomic E-state index is 2.51. The predicted molar refractivity (Wildman–Crippen MR) is 364 cm³/mol. The molecule has 0 unspecified atom stereocenters. The summed E-state index contributed by atoms with van der Waals surface area (Å²) in [5.74, 6) is 0. The molecule has 0 spiro atoms. The van der Waals surface area contributed by atoms with Gasteiger partial charge in [0.2, 0.25) is 0 Å². The van der Waals surface area contributed by atoms with E-state index in [1.54, 1.807) is 0 Å². The van der Waals surface area contributed by atoms with Crippen LogP contribution in [0.5, 0.6) is 0 Å². The van der Waals surface area contributed by atoms with Gasteiger partial charge in [0.15, 0.2) is 0 Å². The Labute approximate surface area is 509 Å². The van der Waals surface area contributed by atoms with Crippen LogP contribution in [0.2, 0.25) is 0 Å². The van der Waals surface area contributed by atoms with E-state index < -0.39 is 10.8 Å². The smallest absolute Gasteiger partial charge is 0.0713 e. The van der Waals surface area contributed by atoms with Crippen molar-refractivity contribution in [2.45, 2.75) is 37.0 Å². The van der Waals surface area contributed by atoms with Crippen LogP contribution >= 0.6 is 0 Å². The quantitative estimate of drug-likeness (QED) is 0.127. The number of aryl methyl sites for hydroxylation is 1. The van der Waals surface area contributed by atoms with Gasteiger partial charge in [-0.3, -0.25) is 0 Å². The fourth-order valence-electron chi connectivity index (χ4n) is 15.8. The third-order valence-corrected chi connectivity index (χ3v) is 19.8. The molecule has 1 aromatic heterocycles. The van der Waals surface area contributed by atoms with Gasteiger partial charge in [-0.15, -0.1) is 0 Å². The van der Waals surface area contributed by atoms with Crippen LogP contribution in [-0.2, 0) is 16.2 Å². The number of rotatable bonds is 9. The predicted octanol–water partition coefficient (Wildman–Crippen LogP) is 21.6. The number of benzene rings is 13. The highest BCUT2D eigenvalue weighted by atomic mass is 15.0. The van der Waals surface area contributed by atoms with Crippen molar-refractivity contribution < 1.29 is 0 Å². The van der Waals surface area contributed by atoms with Crippen LogP contribution in [-0.4, -0.2) is 4.57 Å². The van der Waals surface area contributed by atoms with E-state index in [1.807, 2.05) is 0 Å². The minimum atomic E-state index is -0.595. The highest BCUT2D eigenvalue weighted by molar-refractivity contribution is 6.10. The van der Waals surface area contributed by atoms with Crippen molar-refractivity contribution in [3.8, 4) is 61.3 Å². The molecule has 1 heteroatoms. The largest absolute Gasteiger partial charge is 0.309 e. The summed E-state index contributed by atoms with van der Waals surface area (Å²) in [5, 5.41) is 2.51. The second kappa shape index (κ2) is 19.5. The number of hydrogen-bond donors (Lipinski definition) is 0. The van der Waals surface area contributed by atoms with Crippen LogP contribution < -0.4 is 0 Å². The van der Waals surface area contributed by atoms with Crippen LogP contribution in [0.1, 0.15) is 86.2 Å². The van der Waals surface area contributed by atoms with Gasteiger partial charge in [0.05, 0.1) is 21.9 Å². The van der Waals surface area contributed by atoms with Gasteiger partial charge >= 0.3 is 0 Å². The molecular formula is C86H61N. The summed E-state index contributed by atoms with van der Waals surface area (Å²) in [4.78, 5) is 0. The molecule has 0 radical (unpaired) electrons. The average Bonchev–Trinajstić information content (AvgIpc) is 1.58. The first kappa shape index (κ1) is 50.9. The molecule has 14 aromatic rings. The lowest BCUT2D eigenvalue weighted by atomic mass is 9.66. The zero-order chi connectivity index (χ0) is 58.0. The normalized spacial score (nSPS) is 14.4. The van der Waals surface area contributed by atoms with Gasteiger partial charge in [0.1, 0.15) is 0 Å². The summed E-state index contributed by atoms with van der Waals surface area (Å²) < 4.78 is 2.45. The van der Waals surface area contributed by atoms with Crippen LogP contribution in [0.25, 0.3) is 95.3 Å². The molecule has 0 N–H and O–H groups in total. The molecule has 1 nitrogen and oxygen atoms in total. The van der Waals surface area contributed by atoms with Gasteiger partial charge < -0.3 is 4.57 Å². The molecule has 17 rings (SSSR count). The lowest BCUT2D eigenvalue weighted by Gasteiger charge is -2.35. The Morgan fingerprint density at radius 1 is 0.276 bits per heavy atom. The Morgan fingerprint density at radius 2 is 0.678 bits per heavy atom. The van der Waals surface area contributed by atoms with E-state index in [4.69, 9.17) is 0 Å². The number of para-hydroxylation sites is 1. The maximum absolute atomic E-state index is 2.51. The summed E-state index contributed by atoms with van der Waals surface area (Å²) >= 11 is 0. The molecular weight excluding hydrogens is 1050 g/mol. The average molecular weight is 1110 g/mol. The summed E-state index contributed by atoms with van der Waals surface area (Å²) in [6.45, 7) is 6.94. The first-order valence-corrected chi connectivity index (χ1v) is 30.6. The molecule has 0 atom stereocenters. The van der Waals surface area contributed by atoms with Gasteiger partial charge in [0.25, 0.3) is 0 Å². The summed E-state index contributed by atoms with van der Waals surface area (Å²) in [7, 11) is 0. The minimum absolute atomic E-state index is 0.0750. The van der Waals surface area contributed by atoms with Crippen LogP contribution in [0.15, 0.2) is 303 Å². The van der Waals surface area contributed by atoms with E-state index in [9.17, 15) is 0 Å². The lowest BCUT2D eigenvalue weighted by Crippen LogP contribution is -2.29. The summed E-state index contributed by atoms with van der Waals surface area (Å²) in [6.07, 6.45) is 4.51. The molecule has 0 amide bonds. The SMILES string of the molecule is Cc1ccc2c(c1)C(c1ccccc1)(c1ccccc1)c1cc(-c3ccc4c(c3)C(c3ccccc3)(c3ccccc3)c3cc(-c5ccc(/C=C/c6ccc7c(c6)c6ccccc6n7-c6ccc7c(c6)C(C)(C)c6ccccc6-7)cc5)ccc3-4)ccc1-2. The van der Waals surface area contributed by atoms with E-state index in [0.29, 0.717) is 0 Å². The Bertz CT molecular complexity index is 5020. The Kier molecular flexibility index (Phi) is 11.4. The van der Waals surface area contributed by atoms with Crippen LogP contribution in [0.4, 0.5) is 0 Å².